The van der Waals surface area contributed by atoms with Crippen LogP contribution in [0.15, 0.2) is 96.1 Å². The van der Waals surface area contributed by atoms with E-state index in [2.05, 4.69) is 180 Å². The number of amides is 1. The number of benzene rings is 3. The summed E-state index contributed by atoms with van der Waals surface area (Å²) >= 11 is 0. The lowest BCUT2D eigenvalue weighted by Crippen LogP contribution is -2.46. The average Bonchev–Trinajstić information content (AvgIpc) is 1.51. The Morgan fingerprint density at radius 2 is 0.889 bits per heavy atom. The van der Waals surface area contributed by atoms with Gasteiger partial charge in [0.25, 0.3) is 0 Å². The number of piperidine rings is 3. The number of carbonyl (C=O) groups excluding carboxylic acids is 7. The van der Waals surface area contributed by atoms with Gasteiger partial charge in [0.1, 0.15) is 0 Å². The summed E-state index contributed by atoms with van der Waals surface area (Å²) in [6.07, 6.45) is 27.3. The number of allylic oxidation sites excluding steroid dienone is 3. The van der Waals surface area contributed by atoms with Crippen LogP contribution < -0.4 is 11.1 Å². The van der Waals surface area contributed by atoms with Crippen LogP contribution in [-0.2, 0) is 52.8 Å². The highest BCUT2D eigenvalue weighted by molar-refractivity contribution is 5.92. The van der Waals surface area contributed by atoms with E-state index in [0.717, 1.165) is 90.3 Å². The summed E-state index contributed by atoms with van der Waals surface area (Å²) in [4.78, 5) is 69.1. The predicted octanol–water partition coefficient (Wildman–Crippen LogP) is 12.5. The summed E-state index contributed by atoms with van der Waals surface area (Å²) in [7, 11) is 0. The number of rotatable bonds is 11. The van der Waals surface area contributed by atoms with Crippen LogP contribution in [0.25, 0.3) is 60.2 Å². The first kappa shape index (κ1) is 69.4. The minimum Gasteiger partial charge on any atom is -0.356 e. The number of hydrogen-bond donors (Lipinski definition) is 2. The zero-order valence-electron chi connectivity index (χ0n) is 51.9. The molecular weight excluding hydrogens is 1140 g/mol. The Balaban J connectivity index is 0.000000200. The molecule has 6 aromatic rings. The van der Waals surface area contributed by atoms with Crippen LogP contribution in [0.4, 0.5) is 0 Å². The van der Waals surface area contributed by atoms with E-state index in [1.54, 1.807) is 6.92 Å². The van der Waals surface area contributed by atoms with Crippen molar-refractivity contribution in [3.8, 4) is 18.6 Å². The van der Waals surface area contributed by atoms with Gasteiger partial charge in [-0.15, -0.1) is 0 Å². The molecule has 0 bridgehead atoms. The molecule has 0 aliphatic carbocycles. The SMILES string of the molecule is C.CC[C@]12C=C(C)n3c(c(CCN)c4ccccc43)[C@H]1N(C#N)CCC2.CC[C@]12C=C(C)n3c(c(CCN=[N+]=[N-])c4ccccc43)[C@H]1N(C#N)CCC2.CC[C@]12C=C(C)n3c(c(CCNC(C)=O)c4ccccc43)[C@H]1N(C#N)CCC2.O=C=O.O=C=O.O=C=O. The Hall–Kier alpha value is -9.75. The van der Waals surface area contributed by atoms with Crippen molar-refractivity contribution in [2.24, 2.45) is 27.1 Å². The quantitative estimate of drug-likeness (QED) is 0.0527. The molecule has 21 heteroatoms. The van der Waals surface area contributed by atoms with Gasteiger partial charge >= 0.3 is 18.5 Å². The summed E-state index contributed by atoms with van der Waals surface area (Å²) < 4.78 is 7.07. The molecule has 21 nitrogen and oxygen atoms in total. The lowest BCUT2D eigenvalue weighted by Gasteiger charge is -2.49. The molecule has 0 spiro atoms. The van der Waals surface area contributed by atoms with Crippen LogP contribution in [0, 0.1) is 50.6 Å². The van der Waals surface area contributed by atoms with Gasteiger partial charge in [-0.05, 0) is 145 Å². The molecule has 3 N–H and O–H groups in total. The molecule has 12 rings (SSSR count). The number of azide groups is 1. The van der Waals surface area contributed by atoms with E-state index in [1.807, 2.05) is 14.7 Å². The van der Waals surface area contributed by atoms with Crippen molar-refractivity contribution in [1.29, 1.82) is 15.8 Å². The van der Waals surface area contributed by atoms with Crippen molar-refractivity contribution in [3.63, 3.8) is 0 Å². The monoisotopic (exact) mass is 1220 g/mol. The van der Waals surface area contributed by atoms with E-state index >= 15 is 0 Å². The number of para-hydroxylation sites is 3. The molecular formula is C69H82N14O7. The molecule has 6 aliphatic rings. The molecule has 0 saturated carbocycles. The highest BCUT2D eigenvalue weighted by atomic mass is 16.2. The molecule has 1 amide bonds. The number of fused-ring (bicyclic) bond motifs is 15. The second-order valence-electron chi connectivity index (χ2n) is 23.4. The number of nitrogens with one attached hydrogen (secondary N) is 1. The molecule has 6 atom stereocenters. The standard InChI is InChI=1S/C23H28N4O.C21H24N6.C21H26N4.3CO2.CH4/c1-4-23-11-7-13-26(15-24)22(23)21-19(10-12-25-17(3)28)18-8-5-6-9-20(18)27(21)16(2)14-23;1-3-21-10-6-12-26(14-22)20(21)19-17(9-11-24-25-23)16-7-4-5-8-18(16)27(19)15(2)13-21;1-3-21-10-6-12-24(14-23)20(21)19-17(9-11-22)16-7-4-5-8-18(16)25(19)15(2)13-21;3*2-1-3;/h5-6,8-9,14,22H,4,7,10-13H2,1-3H3,(H,25,28);4-5,7-8,13,20H,3,6,9-12H2,1-2H3;4-5,7-8,13,20H,3,6,9-12,22H2,1-2H3;;;;1H4/t22-,23+;2*20-,21+;;;;/m111..../s1. The van der Waals surface area contributed by atoms with Crippen molar-refractivity contribution in [3.05, 3.63) is 135 Å². The van der Waals surface area contributed by atoms with Crippen molar-refractivity contribution in [2.75, 3.05) is 39.3 Å². The fourth-order valence-corrected chi connectivity index (χ4v) is 15.8. The van der Waals surface area contributed by atoms with Gasteiger partial charge in [0.15, 0.2) is 18.6 Å². The van der Waals surface area contributed by atoms with E-state index in [1.165, 1.54) is 83.6 Å². The molecule has 6 aliphatic heterocycles. The molecule has 90 heavy (non-hydrogen) atoms. The lowest BCUT2D eigenvalue weighted by molar-refractivity contribution is -0.193. The van der Waals surface area contributed by atoms with E-state index in [4.69, 9.17) is 40.0 Å². The fraction of sp³-hybridized carbons (Fsp3) is 0.464. The smallest absolute Gasteiger partial charge is 0.356 e. The second-order valence-corrected chi connectivity index (χ2v) is 23.4. The van der Waals surface area contributed by atoms with Crippen LogP contribution in [0.2, 0.25) is 0 Å². The maximum Gasteiger partial charge on any atom is 0.373 e. The fourth-order valence-electron chi connectivity index (χ4n) is 15.8. The third-order valence-corrected chi connectivity index (χ3v) is 19.1. The van der Waals surface area contributed by atoms with Gasteiger partial charge in [-0.1, -0.05) is 106 Å². The van der Waals surface area contributed by atoms with Crippen LogP contribution in [0.1, 0.15) is 166 Å². The zero-order valence-corrected chi connectivity index (χ0v) is 51.9. The number of nitriles is 3. The van der Waals surface area contributed by atoms with Gasteiger partial charge in [0, 0.05) is 94.1 Å². The minimum atomic E-state index is -0.0182. The Morgan fingerprint density at radius 1 is 0.578 bits per heavy atom. The number of likely N-dealkylation sites (tertiary alicyclic amines) is 3. The number of aromatic nitrogens is 3. The zero-order chi connectivity index (χ0) is 64.6. The molecule has 3 fully saturated rings. The summed E-state index contributed by atoms with van der Waals surface area (Å²) in [5.41, 5.74) is 29.7. The van der Waals surface area contributed by atoms with Gasteiger partial charge in [0.05, 0.1) is 51.8 Å². The van der Waals surface area contributed by atoms with Gasteiger partial charge < -0.3 is 39.5 Å². The number of carbonyl (C=O) groups is 1. The van der Waals surface area contributed by atoms with Gasteiger partial charge in [0.2, 0.25) is 5.91 Å². The molecule has 9 heterocycles. The highest BCUT2D eigenvalue weighted by Gasteiger charge is 2.51. The summed E-state index contributed by atoms with van der Waals surface area (Å²) in [5.74, 6) is -0.00678. The van der Waals surface area contributed by atoms with E-state index in [9.17, 15) is 20.6 Å². The Bertz CT molecular complexity index is 3950. The maximum atomic E-state index is 11.4. The van der Waals surface area contributed by atoms with Crippen molar-refractivity contribution >= 4 is 74.2 Å². The van der Waals surface area contributed by atoms with Gasteiger partial charge in [-0.25, -0.2) is 0 Å². The topological polar surface area (TPSA) is 302 Å². The molecule has 3 saturated heterocycles. The molecule has 470 valence electrons. The Kier molecular flexibility index (Phi) is 23.8. The van der Waals surface area contributed by atoms with Crippen molar-refractivity contribution in [2.45, 2.75) is 151 Å². The van der Waals surface area contributed by atoms with E-state index < -0.39 is 0 Å². The number of hydrogen-bond acceptors (Lipinski definition) is 15. The molecule has 3 aromatic carbocycles. The first-order valence-electron chi connectivity index (χ1n) is 30.5. The van der Waals surface area contributed by atoms with Gasteiger partial charge in [-0.3, -0.25) is 4.79 Å². The van der Waals surface area contributed by atoms with Gasteiger partial charge in [-0.2, -0.15) is 44.6 Å². The Morgan fingerprint density at radius 3 is 1.18 bits per heavy atom. The summed E-state index contributed by atoms with van der Waals surface area (Å²) in [6.45, 7) is 19.0. The minimum absolute atomic E-state index is 0. The summed E-state index contributed by atoms with van der Waals surface area (Å²) in [6, 6.07) is 25.7. The van der Waals surface area contributed by atoms with E-state index in [0.29, 0.717) is 26.1 Å². The lowest BCUT2D eigenvalue weighted by atomic mass is 9.67. The van der Waals surface area contributed by atoms with E-state index in [-0.39, 0.29) is 66.2 Å². The third kappa shape index (κ3) is 12.9. The Labute approximate surface area is 526 Å². The predicted molar refractivity (Wildman–Crippen MR) is 341 cm³/mol. The average molecular weight is 1220 g/mol. The van der Waals surface area contributed by atoms with Crippen molar-refractivity contribution in [1.82, 2.24) is 33.7 Å². The molecule has 0 radical (unpaired) electrons. The maximum absolute atomic E-state index is 11.4. The van der Waals surface area contributed by atoms with Crippen LogP contribution >= 0.6 is 0 Å². The molecule has 3 aromatic heterocycles. The van der Waals surface area contributed by atoms with Crippen LogP contribution in [-0.4, -0.2) is 92.0 Å². The number of nitrogens with two attached hydrogens (primary N) is 1. The molecule has 0 unspecified atom stereocenters. The second kappa shape index (κ2) is 30.9. The van der Waals surface area contributed by atoms with Crippen molar-refractivity contribution < 1.29 is 33.6 Å². The first-order valence-corrected chi connectivity index (χ1v) is 30.5. The summed E-state index contributed by atoms with van der Waals surface area (Å²) in [5, 5.41) is 40.1. The largest absolute Gasteiger partial charge is 0.373 e. The van der Waals surface area contributed by atoms with Crippen LogP contribution in [0.3, 0.4) is 0 Å². The highest BCUT2D eigenvalue weighted by Crippen LogP contribution is 2.58. The normalized spacial score (nSPS) is 21.8. The third-order valence-electron chi connectivity index (χ3n) is 19.1. The number of nitrogens with zero attached hydrogens (tertiary/aromatic N) is 12. The van der Waals surface area contributed by atoms with Crippen LogP contribution in [0.5, 0.6) is 0 Å². The first-order chi connectivity index (χ1) is 43.1.